The summed E-state index contributed by atoms with van der Waals surface area (Å²) in [6.45, 7) is 2.62. The van der Waals surface area contributed by atoms with Crippen molar-refractivity contribution < 1.29 is 9.59 Å². The fourth-order valence-corrected chi connectivity index (χ4v) is 2.45. The van der Waals surface area contributed by atoms with E-state index < -0.39 is 11.8 Å². The van der Waals surface area contributed by atoms with E-state index in [1.807, 2.05) is 6.92 Å². The Hall–Kier alpha value is -1.55. The minimum Gasteiger partial charge on any atom is -0.332 e. The van der Waals surface area contributed by atoms with Crippen molar-refractivity contribution >= 4 is 29.1 Å². The lowest BCUT2D eigenvalue weighted by Gasteiger charge is -2.32. The molecule has 0 saturated carbocycles. The van der Waals surface area contributed by atoms with Gasteiger partial charge in [0.1, 0.15) is 0 Å². The van der Waals surface area contributed by atoms with Gasteiger partial charge in [0, 0.05) is 12.6 Å². The molecular weight excluding hydrogens is 264 g/mol. The molecule has 4 nitrogen and oxygen atoms in total. The number of nitrogens with one attached hydrogen (secondary N) is 1. The molecule has 0 aromatic heterocycles. The van der Waals surface area contributed by atoms with Crippen molar-refractivity contribution in [1.29, 1.82) is 0 Å². The quantitative estimate of drug-likeness (QED) is 0.804. The van der Waals surface area contributed by atoms with Crippen molar-refractivity contribution in [2.24, 2.45) is 0 Å². The second-order valence-electron chi connectivity index (χ2n) is 4.78. The van der Waals surface area contributed by atoms with Crippen molar-refractivity contribution in [2.45, 2.75) is 32.2 Å². The zero-order valence-electron chi connectivity index (χ0n) is 10.9. The van der Waals surface area contributed by atoms with Gasteiger partial charge in [0.05, 0.1) is 10.7 Å². The summed E-state index contributed by atoms with van der Waals surface area (Å²) in [6, 6.07) is 7.00. The van der Waals surface area contributed by atoms with Gasteiger partial charge in [-0.2, -0.15) is 0 Å². The molecule has 1 aromatic carbocycles. The molecule has 1 saturated heterocycles. The fraction of sp³-hybridized carbons (Fsp3) is 0.429. The van der Waals surface area contributed by atoms with Crippen molar-refractivity contribution in [1.82, 2.24) is 4.90 Å². The summed E-state index contributed by atoms with van der Waals surface area (Å²) in [5.41, 5.74) is 0.465. The smallest absolute Gasteiger partial charge is 0.313 e. The molecule has 19 heavy (non-hydrogen) atoms. The van der Waals surface area contributed by atoms with Crippen molar-refractivity contribution in [3.63, 3.8) is 0 Å². The molecular formula is C14H17ClN2O2. The Morgan fingerprint density at radius 3 is 2.74 bits per heavy atom. The molecule has 2 rings (SSSR count). The van der Waals surface area contributed by atoms with Crippen LogP contribution in [0.1, 0.15) is 26.2 Å². The molecule has 1 aliphatic rings. The van der Waals surface area contributed by atoms with Gasteiger partial charge in [0.2, 0.25) is 0 Å². The van der Waals surface area contributed by atoms with Crippen LogP contribution in [0.4, 0.5) is 5.69 Å². The van der Waals surface area contributed by atoms with E-state index in [0.717, 1.165) is 19.3 Å². The van der Waals surface area contributed by atoms with E-state index in [9.17, 15) is 9.59 Å². The van der Waals surface area contributed by atoms with E-state index in [0.29, 0.717) is 17.3 Å². The Morgan fingerprint density at radius 1 is 1.32 bits per heavy atom. The second kappa shape index (κ2) is 6.06. The summed E-state index contributed by atoms with van der Waals surface area (Å²) >= 11 is 5.95. The van der Waals surface area contributed by atoms with Crippen LogP contribution in [0.2, 0.25) is 5.02 Å². The summed E-state index contributed by atoms with van der Waals surface area (Å²) in [6.07, 6.45) is 3.01. The number of hydrogen-bond acceptors (Lipinski definition) is 2. The van der Waals surface area contributed by atoms with Gasteiger partial charge in [0.25, 0.3) is 0 Å². The zero-order valence-corrected chi connectivity index (χ0v) is 11.6. The Labute approximate surface area is 117 Å². The number of piperidine rings is 1. The highest BCUT2D eigenvalue weighted by Gasteiger charge is 2.28. The molecule has 0 radical (unpaired) electrons. The molecule has 5 heteroatoms. The lowest BCUT2D eigenvalue weighted by atomic mass is 10.0. The molecule has 1 fully saturated rings. The molecule has 1 N–H and O–H groups in total. The Balaban J connectivity index is 2.03. The topological polar surface area (TPSA) is 49.4 Å². The van der Waals surface area contributed by atoms with Crippen molar-refractivity contribution in [3.05, 3.63) is 29.3 Å². The first kappa shape index (κ1) is 13.9. The lowest BCUT2D eigenvalue weighted by molar-refractivity contribution is -0.145. The fourth-order valence-electron chi connectivity index (χ4n) is 2.27. The Bertz CT molecular complexity index is 490. The van der Waals surface area contributed by atoms with Crippen LogP contribution in [0.3, 0.4) is 0 Å². The number of nitrogens with zero attached hydrogens (tertiary/aromatic N) is 1. The molecule has 1 heterocycles. The molecule has 1 atom stereocenters. The minimum absolute atomic E-state index is 0.123. The molecule has 1 aromatic rings. The van der Waals surface area contributed by atoms with Crippen LogP contribution >= 0.6 is 11.6 Å². The number of carbonyl (C=O) groups is 2. The zero-order chi connectivity index (χ0) is 13.8. The van der Waals surface area contributed by atoms with Gasteiger partial charge in [-0.05, 0) is 38.3 Å². The van der Waals surface area contributed by atoms with Gasteiger partial charge in [-0.3, -0.25) is 9.59 Å². The van der Waals surface area contributed by atoms with E-state index >= 15 is 0 Å². The van der Waals surface area contributed by atoms with E-state index in [2.05, 4.69) is 5.32 Å². The largest absolute Gasteiger partial charge is 0.332 e. The summed E-state index contributed by atoms with van der Waals surface area (Å²) in [7, 11) is 0. The van der Waals surface area contributed by atoms with E-state index in [1.165, 1.54) is 0 Å². The number of rotatable bonds is 1. The highest BCUT2D eigenvalue weighted by atomic mass is 35.5. The number of hydrogen-bond donors (Lipinski definition) is 1. The van der Waals surface area contributed by atoms with Crippen LogP contribution < -0.4 is 5.32 Å². The van der Waals surface area contributed by atoms with E-state index in [4.69, 9.17) is 11.6 Å². The highest BCUT2D eigenvalue weighted by molar-refractivity contribution is 6.41. The van der Waals surface area contributed by atoms with Gasteiger partial charge in [-0.15, -0.1) is 0 Å². The number of benzene rings is 1. The monoisotopic (exact) mass is 280 g/mol. The third-order valence-electron chi connectivity index (χ3n) is 3.38. The number of halogens is 1. The SMILES string of the molecule is CC1CCCCN1C(=O)C(=O)Nc1ccccc1Cl. The number of carbonyl (C=O) groups excluding carboxylic acids is 2. The van der Waals surface area contributed by atoms with E-state index in [1.54, 1.807) is 29.2 Å². The maximum atomic E-state index is 12.1. The maximum Gasteiger partial charge on any atom is 0.313 e. The van der Waals surface area contributed by atoms with Crippen LogP contribution in [0.25, 0.3) is 0 Å². The van der Waals surface area contributed by atoms with E-state index in [-0.39, 0.29) is 6.04 Å². The Kier molecular flexibility index (Phi) is 4.43. The molecule has 0 spiro atoms. The van der Waals surface area contributed by atoms with Crippen LogP contribution in [-0.4, -0.2) is 29.3 Å². The van der Waals surface area contributed by atoms with Crippen molar-refractivity contribution in [2.75, 3.05) is 11.9 Å². The molecule has 1 unspecified atom stereocenters. The third-order valence-corrected chi connectivity index (χ3v) is 3.71. The van der Waals surface area contributed by atoms with Crippen LogP contribution in [-0.2, 0) is 9.59 Å². The van der Waals surface area contributed by atoms with Gasteiger partial charge in [-0.1, -0.05) is 23.7 Å². The van der Waals surface area contributed by atoms with Crippen LogP contribution in [0, 0.1) is 0 Å². The number of amides is 2. The first-order valence-corrected chi connectivity index (χ1v) is 6.84. The summed E-state index contributed by atoms with van der Waals surface area (Å²) in [5.74, 6) is -1.10. The minimum atomic E-state index is -0.623. The van der Waals surface area contributed by atoms with Gasteiger partial charge >= 0.3 is 11.8 Å². The lowest BCUT2D eigenvalue weighted by Crippen LogP contribution is -2.47. The number of anilines is 1. The van der Waals surface area contributed by atoms with Crippen molar-refractivity contribution in [3.8, 4) is 0 Å². The average molecular weight is 281 g/mol. The Morgan fingerprint density at radius 2 is 2.05 bits per heavy atom. The maximum absolute atomic E-state index is 12.1. The predicted octanol–water partition coefficient (Wildman–Crippen LogP) is 2.68. The first-order valence-electron chi connectivity index (χ1n) is 6.46. The van der Waals surface area contributed by atoms with Gasteiger partial charge in [-0.25, -0.2) is 0 Å². The molecule has 102 valence electrons. The number of likely N-dealkylation sites (tertiary alicyclic amines) is 1. The summed E-state index contributed by atoms with van der Waals surface area (Å²) in [5, 5.41) is 2.99. The first-order chi connectivity index (χ1) is 9.09. The number of para-hydroxylation sites is 1. The predicted molar refractivity (Wildman–Crippen MR) is 75.1 cm³/mol. The average Bonchev–Trinajstić information content (AvgIpc) is 2.41. The summed E-state index contributed by atoms with van der Waals surface area (Å²) < 4.78 is 0. The molecule has 0 bridgehead atoms. The normalized spacial score (nSPS) is 19.1. The molecule has 1 aliphatic heterocycles. The summed E-state index contributed by atoms with van der Waals surface area (Å²) in [4.78, 5) is 25.7. The standard InChI is InChI=1S/C14H17ClN2O2/c1-10-6-4-5-9-17(10)14(19)13(18)16-12-8-3-2-7-11(12)15/h2-3,7-8,10H,4-6,9H2,1H3,(H,16,18). The third kappa shape index (κ3) is 3.26. The molecule has 0 aliphatic carbocycles. The second-order valence-corrected chi connectivity index (χ2v) is 5.18. The van der Waals surface area contributed by atoms with Crippen LogP contribution in [0.5, 0.6) is 0 Å². The van der Waals surface area contributed by atoms with Crippen LogP contribution in [0.15, 0.2) is 24.3 Å². The van der Waals surface area contributed by atoms with Gasteiger partial charge in [0.15, 0.2) is 0 Å². The molecule has 2 amide bonds. The highest BCUT2D eigenvalue weighted by Crippen LogP contribution is 2.21. The van der Waals surface area contributed by atoms with Gasteiger partial charge < -0.3 is 10.2 Å².